The van der Waals surface area contributed by atoms with E-state index in [4.69, 9.17) is 0 Å². The summed E-state index contributed by atoms with van der Waals surface area (Å²) in [5, 5.41) is 0. The molecular formula is C8H16BF3KN. The van der Waals surface area contributed by atoms with Gasteiger partial charge < -0.3 is 17.8 Å². The van der Waals surface area contributed by atoms with Gasteiger partial charge in [0.15, 0.2) is 0 Å². The Hall–Kier alpha value is 1.45. The van der Waals surface area contributed by atoms with Gasteiger partial charge in [-0.15, -0.1) is 0 Å². The first-order valence-electron chi connectivity index (χ1n) is 5.01. The van der Waals surface area contributed by atoms with Crippen LogP contribution in [-0.2, 0) is 0 Å². The Morgan fingerprint density at radius 2 is 1.29 bits per heavy atom. The second-order valence-corrected chi connectivity index (χ2v) is 3.78. The van der Waals surface area contributed by atoms with E-state index in [1.165, 1.54) is 6.42 Å². The number of nitrogens with zero attached hydrogens (tertiary/aromatic N) is 1. The van der Waals surface area contributed by atoms with Crippen molar-refractivity contribution in [3.8, 4) is 0 Å². The minimum atomic E-state index is -4.63. The molecule has 0 unspecified atom stereocenters. The van der Waals surface area contributed by atoms with E-state index in [0.29, 0.717) is 13.1 Å². The monoisotopic (exact) mass is 233 g/mol. The molecule has 0 bridgehead atoms. The minimum Gasteiger partial charge on any atom is -0.448 e. The van der Waals surface area contributed by atoms with Crippen LogP contribution in [0.3, 0.4) is 0 Å². The molecule has 0 aromatic rings. The Kier molecular flexibility index (Phi) is 8.48. The second-order valence-electron chi connectivity index (χ2n) is 3.78. The maximum absolute atomic E-state index is 12.1. The van der Waals surface area contributed by atoms with Gasteiger partial charge in [0.25, 0.3) is 0 Å². The van der Waals surface area contributed by atoms with Crippen LogP contribution in [0.1, 0.15) is 32.1 Å². The van der Waals surface area contributed by atoms with Gasteiger partial charge in [-0.05, 0) is 32.4 Å². The first kappa shape index (κ1) is 15.5. The first-order valence-corrected chi connectivity index (χ1v) is 5.01. The third-order valence-corrected chi connectivity index (χ3v) is 2.41. The summed E-state index contributed by atoms with van der Waals surface area (Å²) in [6, 6.07) is 0. The Bertz CT molecular complexity index is 146. The van der Waals surface area contributed by atoms with Gasteiger partial charge in [-0.3, -0.25) is 0 Å². The molecule has 0 saturated carbocycles. The summed E-state index contributed by atoms with van der Waals surface area (Å²) in [4.78, 5) is 1.55. The molecule has 1 saturated heterocycles. The number of hydrogen-bond donors (Lipinski definition) is 0. The van der Waals surface area contributed by atoms with Crippen LogP contribution < -0.4 is 51.4 Å². The van der Waals surface area contributed by atoms with Gasteiger partial charge in [0.2, 0.25) is 0 Å². The topological polar surface area (TPSA) is 3.24 Å². The fourth-order valence-corrected chi connectivity index (χ4v) is 1.79. The summed E-state index contributed by atoms with van der Waals surface area (Å²) < 4.78 is 36.3. The fraction of sp³-hybridized carbons (Fsp3) is 1.00. The van der Waals surface area contributed by atoms with Gasteiger partial charge in [0, 0.05) is 0 Å². The van der Waals surface area contributed by atoms with Crippen molar-refractivity contribution in [2.75, 3.05) is 19.5 Å². The molecule has 1 fully saturated rings. The third-order valence-electron chi connectivity index (χ3n) is 2.41. The minimum absolute atomic E-state index is 0. The van der Waals surface area contributed by atoms with Crippen LogP contribution >= 0.6 is 0 Å². The van der Waals surface area contributed by atoms with E-state index < -0.39 is 13.4 Å². The molecule has 0 aromatic heterocycles. The molecule has 1 nitrogen and oxygen atoms in total. The van der Waals surface area contributed by atoms with Crippen molar-refractivity contribution in [1.29, 1.82) is 0 Å². The molecule has 14 heavy (non-hydrogen) atoms. The Labute approximate surface area is 126 Å². The van der Waals surface area contributed by atoms with Crippen molar-refractivity contribution in [3.63, 3.8) is 0 Å². The van der Waals surface area contributed by atoms with Crippen molar-refractivity contribution in [1.82, 2.24) is 4.90 Å². The Morgan fingerprint density at radius 1 is 0.857 bits per heavy atom. The average molecular weight is 233 g/mol. The van der Waals surface area contributed by atoms with Crippen molar-refractivity contribution < 1.29 is 64.3 Å². The van der Waals surface area contributed by atoms with Crippen LogP contribution in [0.15, 0.2) is 0 Å². The van der Waals surface area contributed by atoms with Crippen LogP contribution in [0, 0.1) is 0 Å². The largest absolute Gasteiger partial charge is 1.00 e. The molecule has 0 atom stereocenters. The summed E-state index contributed by atoms with van der Waals surface area (Å²) >= 11 is 0. The van der Waals surface area contributed by atoms with Crippen LogP contribution in [-0.4, -0.2) is 31.4 Å². The summed E-state index contributed by atoms with van der Waals surface area (Å²) in [5.74, 6) is 0. The average Bonchev–Trinajstić information content (AvgIpc) is 1.92. The summed E-state index contributed by atoms with van der Waals surface area (Å²) in [6.07, 6.45) is 4.53. The maximum Gasteiger partial charge on any atom is 1.00 e. The fourth-order valence-electron chi connectivity index (χ4n) is 1.79. The smallest absolute Gasteiger partial charge is 0.448 e. The van der Waals surface area contributed by atoms with Crippen molar-refractivity contribution >= 4 is 6.98 Å². The quantitative estimate of drug-likeness (QED) is 0.589. The maximum atomic E-state index is 12.1. The number of rotatable bonds is 2. The van der Waals surface area contributed by atoms with E-state index in [2.05, 4.69) is 0 Å². The number of hydrogen-bond acceptors (Lipinski definition) is 1. The van der Waals surface area contributed by atoms with E-state index in [1.54, 1.807) is 4.90 Å². The van der Waals surface area contributed by atoms with Gasteiger partial charge in [-0.25, -0.2) is 0 Å². The normalized spacial score (nSPS) is 20.8. The van der Waals surface area contributed by atoms with Crippen molar-refractivity contribution in [2.24, 2.45) is 0 Å². The predicted molar refractivity (Wildman–Crippen MR) is 48.6 cm³/mol. The predicted octanol–water partition coefficient (Wildman–Crippen LogP) is -0.357. The molecule has 0 N–H and O–H groups in total. The van der Waals surface area contributed by atoms with Crippen LogP contribution in [0.5, 0.6) is 0 Å². The van der Waals surface area contributed by atoms with Gasteiger partial charge in [0.05, 0.1) is 0 Å². The Balaban J connectivity index is 0.00000169. The van der Waals surface area contributed by atoms with Gasteiger partial charge in [-0.1, -0.05) is 19.3 Å². The molecule has 0 radical (unpaired) electrons. The second kappa shape index (κ2) is 7.68. The molecule has 78 valence electrons. The molecule has 0 aromatic carbocycles. The molecule has 1 rings (SSSR count). The summed E-state index contributed by atoms with van der Waals surface area (Å²) in [6.45, 7) is -3.37. The van der Waals surface area contributed by atoms with Gasteiger partial charge in [0.1, 0.15) is 0 Å². The van der Waals surface area contributed by atoms with E-state index >= 15 is 0 Å². The molecular weight excluding hydrogens is 217 g/mol. The summed E-state index contributed by atoms with van der Waals surface area (Å²) in [7, 11) is 0. The van der Waals surface area contributed by atoms with E-state index in [1.807, 2.05) is 0 Å². The molecule has 1 heterocycles. The SMILES string of the molecule is F[B-](F)(F)CN1CCCCCCC1.[K+]. The molecule has 0 spiro atoms. The van der Waals surface area contributed by atoms with Gasteiger partial charge >= 0.3 is 58.4 Å². The zero-order valence-corrected chi connectivity index (χ0v) is 11.9. The molecule has 6 heteroatoms. The standard InChI is InChI=1S/C8H16BF3N.K/c10-9(11,12)8-13-6-4-2-1-3-5-7-13;/h1-8H2;/q-1;+1. The zero-order valence-electron chi connectivity index (χ0n) is 8.82. The third kappa shape index (κ3) is 7.71. The number of halogens is 3. The summed E-state index contributed by atoms with van der Waals surface area (Å²) in [5.41, 5.74) is 0. The van der Waals surface area contributed by atoms with Crippen LogP contribution in [0.25, 0.3) is 0 Å². The van der Waals surface area contributed by atoms with E-state index in [-0.39, 0.29) is 51.4 Å². The van der Waals surface area contributed by atoms with Gasteiger partial charge in [-0.2, -0.15) is 0 Å². The van der Waals surface area contributed by atoms with Crippen LogP contribution in [0.4, 0.5) is 12.9 Å². The van der Waals surface area contributed by atoms with Crippen molar-refractivity contribution in [3.05, 3.63) is 0 Å². The first-order chi connectivity index (χ1) is 6.08. The molecule has 1 aliphatic rings. The Morgan fingerprint density at radius 3 is 1.71 bits per heavy atom. The number of likely N-dealkylation sites (tertiary alicyclic amines) is 1. The molecule has 0 amide bonds. The zero-order chi connectivity index (χ0) is 9.73. The van der Waals surface area contributed by atoms with Crippen molar-refractivity contribution in [2.45, 2.75) is 32.1 Å². The van der Waals surface area contributed by atoms with Crippen LogP contribution in [0.2, 0.25) is 0 Å². The van der Waals surface area contributed by atoms with E-state index in [9.17, 15) is 12.9 Å². The molecule has 0 aliphatic carbocycles. The van der Waals surface area contributed by atoms with E-state index in [0.717, 1.165) is 25.7 Å². The molecule has 1 aliphatic heterocycles.